The van der Waals surface area contributed by atoms with Crippen molar-refractivity contribution >= 4 is 50.6 Å². The molecule has 0 spiro atoms. The zero-order chi connectivity index (χ0) is 16.8. The fourth-order valence-corrected chi connectivity index (χ4v) is 3.97. The third-order valence-electron chi connectivity index (χ3n) is 3.27. The smallest absolute Gasteiger partial charge is 0.340 e. The van der Waals surface area contributed by atoms with Gasteiger partial charge in [0.1, 0.15) is 10.6 Å². The van der Waals surface area contributed by atoms with Crippen molar-refractivity contribution < 1.29 is 17.9 Å². The number of halogens is 2. The van der Waals surface area contributed by atoms with Crippen molar-refractivity contribution in [2.45, 2.75) is 4.90 Å². The lowest BCUT2D eigenvalue weighted by atomic mass is 10.3. The van der Waals surface area contributed by atoms with Gasteiger partial charge in [-0.15, -0.1) is 0 Å². The van der Waals surface area contributed by atoms with E-state index in [-0.39, 0.29) is 26.3 Å². The fraction of sp³-hybridized carbons (Fsp3) is 0.0714. The summed E-state index contributed by atoms with van der Waals surface area (Å²) in [5, 5.41) is 2.93. The van der Waals surface area contributed by atoms with Crippen LogP contribution in [0.3, 0.4) is 0 Å². The summed E-state index contributed by atoms with van der Waals surface area (Å²) >= 11 is 11.7. The molecule has 1 aliphatic rings. The van der Waals surface area contributed by atoms with Crippen LogP contribution in [0.25, 0.3) is 0 Å². The Bertz CT molecular complexity index is 915. The highest BCUT2D eigenvalue weighted by Crippen LogP contribution is 2.37. The Morgan fingerprint density at radius 1 is 1.09 bits per heavy atom. The minimum Gasteiger partial charge on any atom is -0.497 e. The number of carbonyl (C=O) groups excluding carboxylic acids is 1. The number of ether oxygens (including phenoxy) is 1. The number of rotatable bonds is 2. The number of methoxy groups -OCH3 is 1. The molecule has 0 radical (unpaired) electrons. The van der Waals surface area contributed by atoms with Gasteiger partial charge < -0.3 is 10.1 Å². The van der Waals surface area contributed by atoms with E-state index in [1.807, 2.05) is 0 Å². The Morgan fingerprint density at radius 3 is 2.48 bits per heavy atom. The zero-order valence-corrected chi connectivity index (χ0v) is 14.0. The molecular formula is C14H10Cl2N2O4S. The van der Waals surface area contributed by atoms with Crippen LogP contribution in [0.1, 0.15) is 0 Å². The van der Waals surface area contributed by atoms with Gasteiger partial charge in [0.15, 0.2) is 0 Å². The summed E-state index contributed by atoms with van der Waals surface area (Å²) in [6, 6.07) is 7.64. The monoisotopic (exact) mass is 372 g/mol. The number of benzene rings is 2. The molecule has 120 valence electrons. The van der Waals surface area contributed by atoms with E-state index in [9.17, 15) is 13.2 Å². The zero-order valence-electron chi connectivity index (χ0n) is 11.7. The highest BCUT2D eigenvalue weighted by Gasteiger charge is 2.38. The van der Waals surface area contributed by atoms with E-state index < -0.39 is 16.1 Å². The van der Waals surface area contributed by atoms with Gasteiger partial charge in [0.25, 0.3) is 10.0 Å². The number of sulfonamides is 1. The number of amides is 2. The summed E-state index contributed by atoms with van der Waals surface area (Å²) < 4.78 is 31.2. The molecule has 0 bridgehead atoms. The van der Waals surface area contributed by atoms with Crippen molar-refractivity contribution in [2.75, 3.05) is 16.7 Å². The first-order chi connectivity index (χ1) is 10.8. The van der Waals surface area contributed by atoms with Crippen molar-refractivity contribution in [3.05, 3.63) is 46.4 Å². The van der Waals surface area contributed by atoms with Crippen molar-refractivity contribution in [3.8, 4) is 5.75 Å². The van der Waals surface area contributed by atoms with Gasteiger partial charge in [-0.3, -0.25) is 0 Å². The maximum Gasteiger partial charge on any atom is 0.340 e. The van der Waals surface area contributed by atoms with Gasteiger partial charge in [0.2, 0.25) is 0 Å². The van der Waals surface area contributed by atoms with E-state index in [0.29, 0.717) is 10.1 Å². The Morgan fingerprint density at radius 2 is 1.83 bits per heavy atom. The summed E-state index contributed by atoms with van der Waals surface area (Å²) in [7, 11) is -2.63. The number of fused-ring (bicyclic) bond motifs is 1. The van der Waals surface area contributed by atoms with E-state index >= 15 is 0 Å². The predicted molar refractivity (Wildman–Crippen MR) is 88.1 cm³/mol. The van der Waals surface area contributed by atoms with Crippen LogP contribution in [0.4, 0.5) is 16.2 Å². The van der Waals surface area contributed by atoms with Gasteiger partial charge in [0, 0.05) is 6.07 Å². The summed E-state index contributed by atoms with van der Waals surface area (Å²) in [6.07, 6.45) is 0. The quantitative estimate of drug-likeness (QED) is 0.870. The van der Waals surface area contributed by atoms with Crippen molar-refractivity contribution in [3.63, 3.8) is 0 Å². The number of nitrogens with zero attached hydrogens (tertiary/aromatic N) is 1. The molecule has 2 aromatic carbocycles. The molecule has 2 aromatic rings. The molecule has 1 N–H and O–H groups in total. The minimum absolute atomic E-state index is 0.0380. The van der Waals surface area contributed by atoms with E-state index in [2.05, 4.69) is 5.32 Å². The first kappa shape index (κ1) is 15.9. The van der Waals surface area contributed by atoms with Gasteiger partial charge in [-0.2, -0.15) is 4.31 Å². The van der Waals surface area contributed by atoms with Crippen LogP contribution in [-0.2, 0) is 10.0 Å². The number of hydrogen-bond acceptors (Lipinski definition) is 4. The topological polar surface area (TPSA) is 75.7 Å². The molecule has 23 heavy (non-hydrogen) atoms. The standard InChI is InChI=1S/C14H10Cl2N2O4S/c1-22-9-3-5-13-12(7-9)17-14(19)18(23(13,20)21)8-2-4-10(15)11(16)6-8/h2-7H,1H3,(H,17,19). The highest BCUT2D eigenvalue weighted by molar-refractivity contribution is 7.94. The second kappa shape index (κ2) is 5.59. The molecule has 0 unspecified atom stereocenters. The second-order valence-electron chi connectivity index (χ2n) is 4.66. The molecule has 0 atom stereocenters. The fourth-order valence-electron chi connectivity index (χ4n) is 2.20. The molecule has 3 rings (SSSR count). The maximum atomic E-state index is 12.8. The van der Waals surface area contributed by atoms with Crippen LogP contribution in [-0.4, -0.2) is 21.6 Å². The molecule has 1 heterocycles. The number of nitrogens with one attached hydrogen (secondary N) is 1. The number of anilines is 2. The molecule has 6 nitrogen and oxygen atoms in total. The van der Waals surface area contributed by atoms with Crippen LogP contribution in [0.15, 0.2) is 41.3 Å². The van der Waals surface area contributed by atoms with Gasteiger partial charge >= 0.3 is 6.03 Å². The summed E-state index contributed by atoms with van der Waals surface area (Å²) in [6.45, 7) is 0. The van der Waals surface area contributed by atoms with E-state index in [1.165, 1.54) is 43.5 Å². The Labute approximate surface area is 142 Å². The first-order valence-corrected chi connectivity index (χ1v) is 8.53. The molecule has 1 aliphatic heterocycles. The average Bonchev–Trinajstić information content (AvgIpc) is 2.49. The van der Waals surface area contributed by atoms with Gasteiger partial charge in [-0.05, 0) is 30.3 Å². The Balaban J connectivity index is 2.16. The Kier molecular flexibility index (Phi) is 3.87. The number of hydrogen-bond donors (Lipinski definition) is 1. The molecule has 2 amide bonds. The van der Waals surface area contributed by atoms with Crippen LogP contribution in [0.5, 0.6) is 5.75 Å². The largest absolute Gasteiger partial charge is 0.497 e. The molecule has 0 fully saturated rings. The lowest BCUT2D eigenvalue weighted by Crippen LogP contribution is -2.44. The van der Waals surface area contributed by atoms with Crippen LogP contribution >= 0.6 is 23.2 Å². The average molecular weight is 373 g/mol. The second-order valence-corrected chi connectivity index (χ2v) is 7.23. The molecular weight excluding hydrogens is 363 g/mol. The third kappa shape index (κ3) is 2.60. The van der Waals surface area contributed by atoms with Gasteiger partial charge in [-0.25, -0.2) is 13.2 Å². The Hall–Kier alpha value is -1.96. The summed E-state index contributed by atoms with van der Waals surface area (Å²) in [5.74, 6) is 0.433. The van der Waals surface area contributed by atoms with E-state index in [4.69, 9.17) is 27.9 Å². The van der Waals surface area contributed by atoms with Crippen LogP contribution in [0, 0.1) is 0 Å². The predicted octanol–water partition coefficient (Wildman–Crippen LogP) is 3.74. The molecule has 0 saturated heterocycles. The van der Waals surface area contributed by atoms with Crippen molar-refractivity contribution in [1.82, 2.24) is 0 Å². The summed E-state index contributed by atoms with van der Waals surface area (Å²) in [4.78, 5) is 12.2. The lowest BCUT2D eigenvalue weighted by molar-refractivity contribution is 0.259. The SMILES string of the molecule is COc1ccc2c(c1)NC(=O)N(c1ccc(Cl)c(Cl)c1)S2(=O)=O. The molecule has 0 aliphatic carbocycles. The molecule has 0 saturated carbocycles. The van der Waals surface area contributed by atoms with Gasteiger partial charge in [-0.1, -0.05) is 23.2 Å². The van der Waals surface area contributed by atoms with Crippen molar-refractivity contribution in [2.24, 2.45) is 0 Å². The first-order valence-electron chi connectivity index (χ1n) is 6.34. The molecule has 0 aromatic heterocycles. The van der Waals surface area contributed by atoms with E-state index in [1.54, 1.807) is 0 Å². The van der Waals surface area contributed by atoms with Crippen LogP contribution in [0.2, 0.25) is 10.0 Å². The van der Waals surface area contributed by atoms with Gasteiger partial charge in [0.05, 0.1) is 28.5 Å². The number of urea groups is 1. The normalized spacial score (nSPS) is 15.8. The molecule has 9 heteroatoms. The highest BCUT2D eigenvalue weighted by atomic mass is 35.5. The maximum absolute atomic E-state index is 12.8. The minimum atomic E-state index is -4.08. The lowest BCUT2D eigenvalue weighted by Gasteiger charge is -2.29. The summed E-state index contributed by atoms with van der Waals surface area (Å²) in [5.41, 5.74) is 0.254. The van der Waals surface area contributed by atoms with Crippen molar-refractivity contribution in [1.29, 1.82) is 0 Å². The number of carbonyl (C=O) groups is 1. The van der Waals surface area contributed by atoms with E-state index in [0.717, 1.165) is 0 Å². The van der Waals surface area contributed by atoms with Crippen LogP contribution < -0.4 is 14.4 Å². The third-order valence-corrected chi connectivity index (χ3v) is 5.78.